The van der Waals surface area contributed by atoms with Gasteiger partial charge in [0.1, 0.15) is 5.75 Å². The van der Waals surface area contributed by atoms with Crippen LogP contribution in [0.4, 0.5) is 0 Å². The SMILES string of the molecule is CCOc1ccccc1C(C)=N. The van der Waals surface area contributed by atoms with Crippen molar-refractivity contribution >= 4 is 5.71 Å². The molecule has 0 aliphatic carbocycles. The molecule has 0 bridgehead atoms. The molecule has 1 aromatic carbocycles. The predicted octanol–water partition coefficient (Wildman–Crippen LogP) is 2.47. The Morgan fingerprint density at radius 1 is 1.42 bits per heavy atom. The van der Waals surface area contributed by atoms with Crippen molar-refractivity contribution in [1.82, 2.24) is 0 Å². The van der Waals surface area contributed by atoms with Gasteiger partial charge in [0.15, 0.2) is 0 Å². The van der Waals surface area contributed by atoms with E-state index in [2.05, 4.69) is 0 Å². The van der Waals surface area contributed by atoms with Gasteiger partial charge < -0.3 is 10.1 Å². The van der Waals surface area contributed by atoms with Crippen molar-refractivity contribution in [3.63, 3.8) is 0 Å². The van der Waals surface area contributed by atoms with Gasteiger partial charge in [-0.15, -0.1) is 0 Å². The highest BCUT2D eigenvalue weighted by molar-refractivity contribution is 5.98. The molecule has 0 spiro atoms. The Bertz CT molecular complexity index is 281. The zero-order chi connectivity index (χ0) is 8.97. The molecule has 0 atom stereocenters. The lowest BCUT2D eigenvalue weighted by Crippen LogP contribution is -1.99. The van der Waals surface area contributed by atoms with Crippen LogP contribution in [0.15, 0.2) is 24.3 Å². The van der Waals surface area contributed by atoms with E-state index in [-0.39, 0.29) is 0 Å². The quantitative estimate of drug-likeness (QED) is 0.682. The Labute approximate surface area is 72.7 Å². The molecule has 0 fully saturated rings. The number of hydrogen-bond donors (Lipinski definition) is 1. The van der Waals surface area contributed by atoms with Crippen LogP contribution in [0.25, 0.3) is 0 Å². The molecule has 0 unspecified atom stereocenters. The summed E-state index contributed by atoms with van der Waals surface area (Å²) in [6, 6.07) is 7.61. The summed E-state index contributed by atoms with van der Waals surface area (Å²) in [6.45, 7) is 4.35. The molecule has 64 valence electrons. The summed E-state index contributed by atoms with van der Waals surface area (Å²) in [5.41, 5.74) is 1.42. The number of hydrogen-bond acceptors (Lipinski definition) is 2. The van der Waals surface area contributed by atoms with Gasteiger partial charge in [-0.1, -0.05) is 12.1 Å². The van der Waals surface area contributed by atoms with Gasteiger partial charge in [0, 0.05) is 11.3 Å². The topological polar surface area (TPSA) is 33.1 Å². The maximum absolute atomic E-state index is 7.47. The second kappa shape index (κ2) is 3.90. The summed E-state index contributed by atoms with van der Waals surface area (Å²) in [4.78, 5) is 0. The fourth-order valence-electron chi connectivity index (χ4n) is 1.06. The minimum atomic E-state index is 0.541. The molecule has 0 saturated carbocycles. The van der Waals surface area contributed by atoms with Crippen molar-refractivity contribution in [2.24, 2.45) is 0 Å². The molecule has 0 amide bonds. The van der Waals surface area contributed by atoms with Gasteiger partial charge >= 0.3 is 0 Å². The van der Waals surface area contributed by atoms with Gasteiger partial charge in [-0.2, -0.15) is 0 Å². The lowest BCUT2D eigenvalue weighted by molar-refractivity contribution is 0.339. The van der Waals surface area contributed by atoms with Crippen LogP contribution in [0.3, 0.4) is 0 Å². The molecule has 2 heteroatoms. The number of benzene rings is 1. The number of rotatable bonds is 3. The summed E-state index contributed by atoms with van der Waals surface area (Å²) < 4.78 is 5.36. The molecule has 2 nitrogen and oxygen atoms in total. The largest absolute Gasteiger partial charge is 0.493 e. The van der Waals surface area contributed by atoms with Crippen molar-refractivity contribution in [3.8, 4) is 5.75 Å². The molecular weight excluding hydrogens is 150 g/mol. The second-order valence-corrected chi connectivity index (χ2v) is 2.55. The van der Waals surface area contributed by atoms with Crippen LogP contribution in [-0.4, -0.2) is 12.3 Å². The van der Waals surface area contributed by atoms with Crippen molar-refractivity contribution in [1.29, 1.82) is 5.41 Å². The molecule has 0 aliphatic rings. The normalized spacial score (nSPS) is 9.50. The van der Waals surface area contributed by atoms with Crippen LogP contribution in [0.2, 0.25) is 0 Å². The number of nitrogens with one attached hydrogen (secondary N) is 1. The van der Waals surface area contributed by atoms with Gasteiger partial charge in [-0.3, -0.25) is 0 Å². The average Bonchev–Trinajstić information content (AvgIpc) is 2.05. The van der Waals surface area contributed by atoms with Crippen molar-refractivity contribution in [2.75, 3.05) is 6.61 Å². The fourth-order valence-corrected chi connectivity index (χ4v) is 1.06. The van der Waals surface area contributed by atoms with E-state index < -0.39 is 0 Å². The Morgan fingerprint density at radius 2 is 2.08 bits per heavy atom. The Morgan fingerprint density at radius 3 is 2.67 bits per heavy atom. The minimum absolute atomic E-state index is 0.541. The van der Waals surface area contributed by atoms with Gasteiger partial charge in [0.25, 0.3) is 0 Å². The highest BCUT2D eigenvalue weighted by Gasteiger charge is 2.02. The van der Waals surface area contributed by atoms with Gasteiger partial charge in [-0.05, 0) is 26.0 Å². The average molecular weight is 163 g/mol. The third-order valence-electron chi connectivity index (χ3n) is 1.59. The third kappa shape index (κ3) is 1.84. The van der Waals surface area contributed by atoms with E-state index in [1.54, 1.807) is 6.92 Å². The van der Waals surface area contributed by atoms with Crippen LogP contribution >= 0.6 is 0 Å². The minimum Gasteiger partial charge on any atom is -0.493 e. The summed E-state index contributed by atoms with van der Waals surface area (Å²) >= 11 is 0. The first-order valence-electron chi connectivity index (χ1n) is 4.03. The Hall–Kier alpha value is -1.31. The van der Waals surface area contributed by atoms with E-state index in [0.29, 0.717) is 12.3 Å². The van der Waals surface area contributed by atoms with Crippen LogP contribution in [0.5, 0.6) is 5.75 Å². The molecule has 0 aliphatic heterocycles. The summed E-state index contributed by atoms with van der Waals surface area (Å²) in [7, 11) is 0. The van der Waals surface area contributed by atoms with Crippen molar-refractivity contribution in [2.45, 2.75) is 13.8 Å². The van der Waals surface area contributed by atoms with E-state index in [1.807, 2.05) is 31.2 Å². The molecule has 0 saturated heterocycles. The first kappa shape index (κ1) is 8.78. The van der Waals surface area contributed by atoms with Crippen molar-refractivity contribution in [3.05, 3.63) is 29.8 Å². The highest BCUT2D eigenvalue weighted by atomic mass is 16.5. The molecular formula is C10H13NO. The number of ether oxygens (including phenoxy) is 1. The third-order valence-corrected chi connectivity index (χ3v) is 1.59. The molecule has 1 N–H and O–H groups in total. The fraction of sp³-hybridized carbons (Fsp3) is 0.300. The molecule has 1 aromatic rings. The summed E-state index contributed by atoms with van der Waals surface area (Å²) in [6.07, 6.45) is 0. The Balaban J connectivity index is 3.00. The van der Waals surface area contributed by atoms with Crippen molar-refractivity contribution < 1.29 is 4.74 Å². The lowest BCUT2D eigenvalue weighted by Gasteiger charge is -2.07. The Kier molecular flexibility index (Phi) is 2.86. The zero-order valence-corrected chi connectivity index (χ0v) is 7.42. The van der Waals surface area contributed by atoms with E-state index in [9.17, 15) is 0 Å². The summed E-state index contributed by atoms with van der Waals surface area (Å²) in [5.74, 6) is 0.799. The van der Waals surface area contributed by atoms with E-state index >= 15 is 0 Å². The highest BCUT2D eigenvalue weighted by Crippen LogP contribution is 2.17. The number of para-hydroxylation sites is 1. The first-order valence-corrected chi connectivity index (χ1v) is 4.03. The molecule has 0 radical (unpaired) electrons. The monoisotopic (exact) mass is 163 g/mol. The molecule has 12 heavy (non-hydrogen) atoms. The molecule has 0 aromatic heterocycles. The van der Waals surface area contributed by atoms with E-state index in [4.69, 9.17) is 10.1 Å². The smallest absolute Gasteiger partial charge is 0.128 e. The predicted molar refractivity (Wildman–Crippen MR) is 50.1 cm³/mol. The lowest BCUT2D eigenvalue weighted by atomic mass is 10.1. The van der Waals surface area contributed by atoms with E-state index in [1.165, 1.54) is 0 Å². The van der Waals surface area contributed by atoms with Crippen LogP contribution in [0, 0.1) is 5.41 Å². The van der Waals surface area contributed by atoms with E-state index in [0.717, 1.165) is 11.3 Å². The van der Waals surface area contributed by atoms with Gasteiger partial charge in [-0.25, -0.2) is 0 Å². The maximum atomic E-state index is 7.47. The van der Waals surface area contributed by atoms with Crippen LogP contribution in [-0.2, 0) is 0 Å². The standard InChI is InChI=1S/C10H13NO/c1-3-12-10-7-5-4-6-9(10)8(2)11/h4-7,11H,3H2,1-2H3. The van der Waals surface area contributed by atoms with Crippen LogP contribution < -0.4 is 4.74 Å². The van der Waals surface area contributed by atoms with Gasteiger partial charge in [0.05, 0.1) is 6.61 Å². The molecule has 0 heterocycles. The van der Waals surface area contributed by atoms with Crippen LogP contribution in [0.1, 0.15) is 19.4 Å². The maximum Gasteiger partial charge on any atom is 0.128 e. The summed E-state index contributed by atoms with van der Waals surface area (Å²) in [5, 5.41) is 7.47. The molecule has 1 rings (SSSR count). The second-order valence-electron chi connectivity index (χ2n) is 2.55. The van der Waals surface area contributed by atoms with Gasteiger partial charge in [0.2, 0.25) is 0 Å². The zero-order valence-electron chi connectivity index (χ0n) is 7.42. The first-order chi connectivity index (χ1) is 5.75.